The maximum Gasteiger partial charge on any atom is 0.0592 e. The molecular weight excluding hydrogens is 141 g/mol. The fourth-order valence-electron chi connectivity index (χ4n) is 0.918. The third-order valence-electron chi connectivity index (χ3n) is 1.74. The molecule has 1 aromatic carbocycles. The Morgan fingerprint density at radius 1 is 1.27 bits per heavy atom. The topological polar surface area (TPSA) is 12.0 Å². The molecule has 60 valence electrons. The van der Waals surface area contributed by atoms with Crippen molar-refractivity contribution in [2.75, 3.05) is 0 Å². The molecule has 0 bridgehead atoms. The van der Waals surface area contributed by atoms with Gasteiger partial charge in [-0.05, 0) is 19.4 Å². The monoisotopic (exact) mass is 153 g/mol. The minimum Gasteiger partial charge on any atom is -0.152 e. The lowest BCUT2D eigenvalue weighted by molar-refractivity contribution is 0.285. The number of hydrogen-bond acceptors (Lipinski definition) is 1. The molecule has 0 spiro atoms. The molecule has 0 radical (unpaired) electrons. The molecule has 0 aliphatic rings. The van der Waals surface area contributed by atoms with Gasteiger partial charge in [0.2, 0.25) is 0 Å². The summed E-state index contributed by atoms with van der Waals surface area (Å²) in [6.07, 6.45) is 0. The summed E-state index contributed by atoms with van der Waals surface area (Å²) in [4.78, 5) is 0. The zero-order chi connectivity index (χ0) is 8.27. The third-order valence-corrected chi connectivity index (χ3v) is 1.74. The molecule has 1 rings (SSSR count). The number of nitrogens with one attached hydrogen (secondary N) is 1. The third kappa shape index (κ3) is 2.02. The minimum absolute atomic E-state index is 0.212. The van der Waals surface area contributed by atoms with E-state index in [4.69, 9.17) is 0 Å². The van der Waals surface area contributed by atoms with Crippen LogP contribution < -0.4 is 5.54 Å². The summed E-state index contributed by atoms with van der Waals surface area (Å²) in [5, 5.41) is 0. The van der Waals surface area contributed by atoms with Gasteiger partial charge in [0, 0.05) is 0 Å². The number of rotatable bonds is 2. The molecule has 0 amide bonds. The van der Waals surface area contributed by atoms with E-state index in [9.17, 15) is 4.48 Å². The standard InChI is InChI=1S/C9H12FN/c1-7-3-5-9(6-4-7)8(2)11-10/h3-6,8,11H,1-2H3. The lowest BCUT2D eigenvalue weighted by Crippen LogP contribution is -2.07. The summed E-state index contributed by atoms with van der Waals surface area (Å²) < 4.78 is 11.9. The van der Waals surface area contributed by atoms with Gasteiger partial charge in [-0.3, -0.25) is 0 Å². The molecule has 1 aromatic rings. The smallest absolute Gasteiger partial charge is 0.0592 e. The quantitative estimate of drug-likeness (QED) is 0.644. The van der Waals surface area contributed by atoms with Crippen molar-refractivity contribution in [2.45, 2.75) is 19.9 Å². The predicted octanol–water partition coefficient (Wildman–Crippen LogP) is 2.53. The van der Waals surface area contributed by atoms with Crippen LogP contribution in [0, 0.1) is 6.92 Å². The second-order valence-electron chi connectivity index (χ2n) is 2.74. The molecule has 0 heterocycles. The van der Waals surface area contributed by atoms with Crippen molar-refractivity contribution in [3.8, 4) is 0 Å². The van der Waals surface area contributed by atoms with Crippen molar-refractivity contribution >= 4 is 0 Å². The van der Waals surface area contributed by atoms with Gasteiger partial charge in [-0.25, -0.2) is 0 Å². The summed E-state index contributed by atoms with van der Waals surface area (Å²) in [5.74, 6) is 0. The lowest BCUT2D eigenvalue weighted by Gasteiger charge is -2.06. The fraction of sp³-hybridized carbons (Fsp3) is 0.333. The zero-order valence-electron chi connectivity index (χ0n) is 6.76. The molecule has 1 unspecified atom stereocenters. The molecule has 0 fully saturated rings. The average molecular weight is 153 g/mol. The fourth-order valence-corrected chi connectivity index (χ4v) is 0.918. The molecule has 1 N–H and O–H groups in total. The molecule has 2 heteroatoms. The average Bonchev–Trinajstić information content (AvgIpc) is 2.05. The van der Waals surface area contributed by atoms with Gasteiger partial charge in [-0.1, -0.05) is 29.8 Å². The Morgan fingerprint density at radius 2 is 1.82 bits per heavy atom. The first-order chi connectivity index (χ1) is 5.24. The Labute approximate surface area is 66.2 Å². The summed E-state index contributed by atoms with van der Waals surface area (Å²) >= 11 is 0. The van der Waals surface area contributed by atoms with E-state index in [2.05, 4.69) is 0 Å². The van der Waals surface area contributed by atoms with E-state index >= 15 is 0 Å². The number of hydrogen-bond donors (Lipinski definition) is 1. The predicted molar refractivity (Wildman–Crippen MR) is 43.8 cm³/mol. The van der Waals surface area contributed by atoms with Crippen LogP contribution in [-0.2, 0) is 0 Å². The Bertz CT molecular complexity index is 218. The van der Waals surface area contributed by atoms with E-state index in [1.54, 1.807) is 12.5 Å². The summed E-state index contributed by atoms with van der Waals surface area (Å²) in [5.41, 5.74) is 3.87. The maximum absolute atomic E-state index is 11.9. The van der Waals surface area contributed by atoms with Gasteiger partial charge in [0.25, 0.3) is 0 Å². The molecule has 1 nitrogen and oxygen atoms in total. The van der Waals surface area contributed by atoms with E-state index in [0.717, 1.165) is 5.56 Å². The molecule has 1 atom stereocenters. The molecule has 0 saturated heterocycles. The van der Waals surface area contributed by atoms with E-state index in [0.29, 0.717) is 0 Å². The summed E-state index contributed by atoms with van der Waals surface area (Å²) in [6.45, 7) is 3.79. The van der Waals surface area contributed by atoms with E-state index in [1.807, 2.05) is 31.2 Å². The molecule has 11 heavy (non-hydrogen) atoms. The first-order valence-corrected chi connectivity index (χ1v) is 3.67. The van der Waals surface area contributed by atoms with Crippen LogP contribution in [0.1, 0.15) is 24.1 Å². The van der Waals surface area contributed by atoms with Gasteiger partial charge < -0.3 is 0 Å². The molecule has 0 aliphatic carbocycles. The first-order valence-electron chi connectivity index (χ1n) is 3.67. The van der Waals surface area contributed by atoms with Crippen LogP contribution in [0.3, 0.4) is 0 Å². The second-order valence-corrected chi connectivity index (χ2v) is 2.74. The van der Waals surface area contributed by atoms with Crippen LogP contribution in [0.4, 0.5) is 4.48 Å². The molecular formula is C9H12FN. The van der Waals surface area contributed by atoms with E-state index in [1.165, 1.54) is 5.56 Å². The van der Waals surface area contributed by atoms with Gasteiger partial charge in [-0.2, -0.15) is 5.54 Å². The van der Waals surface area contributed by atoms with Gasteiger partial charge in [0.1, 0.15) is 0 Å². The highest BCUT2D eigenvalue weighted by molar-refractivity contribution is 5.23. The van der Waals surface area contributed by atoms with E-state index < -0.39 is 0 Å². The van der Waals surface area contributed by atoms with Crippen molar-refractivity contribution < 1.29 is 4.48 Å². The molecule has 0 saturated carbocycles. The molecule has 0 aliphatic heterocycles. The van der Waals surface area contributed by atoms with Crippen LogP contribution >= 0.6 is 0 Å². The van der Waals surface area contributed by atoms with Crippen LogP contribution in [0.25, 0.3) is 0 Å². The Kier molecular flexibility index (Phi) is 2.60. The highest BCUT2D eigenvalue weighted by Crippen LogP contribution is 2.12. The minimum atomic E-state index is -0.212. The van der Waals surface area contributed by atoms with Gasteiger partial charge in [0.15, 0.2) is 0 Å². The normalized spacial score (nSPS) is 13.0. The SMILES string of the molecule is Cc1ccc(C(C)NF)cc1. The summed E-state index contributed by atoms with van der Waals surface area (Å²) in [6, 6.07) is 7.58. The van der Waals surface area contributed by atoms with Crippen molar-refractivity contribution in [2.24, 2.45) is 0 Å². The van der Waals surface area contributed by atoms with Crippen LogP contribution in [0.2, 0.25) is 0 Å². The maximum atomic E-state index is 11.9. The summed E-state index contributed by atoms with van der Waals surface area (Å²) in [7, 11) is 0. The van der Waals surface area contributed by atoms with Crippen molar-refractivity contribution in [1.82, 2.24) is 5.54 Å². The lowest BCUT2D eigenvalue weighted by atomic mass is 10.1. The number of aryl methyl sites for hydroxylation is 1. The highest BCUT2D eigenvalue weighted by Gasteiger charge is 2.01. The van der Waals surface area contributed by atoms with Crippen molar-refractivity contribution in [3.63, 3.8) is 0 Å². The Morgan fingerprint density at radius 3 is 2.27 bits per heavy atom. The zero-order valence-corrected chi connectivity index (χ0v) is 6.76. The van der Waals surface area contributed by atoms with Gasteiger partial charge >= 0.3 is 0 Å². The van der Waals surface area contributed by atoms with Crippen LogP contribution in [0.5, 0.6) is 0 Å². The van der Waals surface area contributed by atoms with Crippen LogP contribution in [-0.4, -0.2) is 0 Å². The van der Waals surface area contributed by atoms with Crippen LogP contribution in [0.15, 0.2) is 24.3 Å². The Balaban J connectivity index is 2.81. The van der Waals surface area contributed by atoms with E-state index in [-0.39, 0.29) is 6.04 Å². The highest BCUT2D eigenvalue weighted by atomic mass is 19.2. The van der Waals surface area contributed by atoms with Gasteiger partial charge in [-0.15, -0.1) is 4.48 Å². The van der Waals surface area contributed by atoms with Crippen molar-refractivity contribution in [1.29, 1.82) is 0 Å². The van der Waals surface area contributed by atoms with Crippen molar-refractivity contribution in [3.05, 3.63) is 35.4 Å². The van der Waals surface area contributed by atoms with Gasteiger partial charge in [0.05, 0.1) is 6.04 Å². The Hall–Kier alpha value is -0.890. The number of benzene rings is 1. The second kappa shape index (κ2) is 3.49. The largest absolute Gasteiger partial charge is 0.152 e. The first kappa shape index (κ1) is 8.21. The molecule has 0 aromatic heterocycles. The number of halogens is 1.